The number of aromatic nitrogens is 6. The standard InChI is InChI=1S/C15H18N2O3.C14H13F3N2O3.C13H16N2O3/c1-2-11-16-14(19)13-10(5-3-4-9-6-7-9)8-12(18)20-15(13)17-11;15-14(16,17)13-18-11(21)10-8(3-1-2-7-4-5-7)6-9(20)22-12(10)19-13;1-3-5-6-8-7-10(16)18-13-11(8)12(17)14-9(4-2)15-13/h8-9H,2-7H2,1H3,(H,16,17,19);6-7H,1-5H2,(H,18,19,21);7H,3-6H2,1-2H3,(H,14,15,17). The number of hydrogen-bond acceptors (Lipinski definition) is 12. The van der Waals surface area contributed by atoms with Gasteiger partial charge in [-0.05, 0) is 67.1 Å². The third-order valence-corrected chi connectivity index (χ3v) is 10.4. The van der Waals surface area contributed by atoms with Gasteiger partial charge in [-0.3, -0.25) is 14.4 Å². The SMILES string of the molecule is CCCCc1cc(=O)oc2nc(CC)[nH]c(=O)c12.CCc1nc2oc(=O)cc(CCCC3CC3)c2c(=O)[nH]1.O=c1cc(CCCC2CC2)c2c(=O)[nH]c(C(F)(F)F)nc2o1. The normalized spacial score (nSPS) is 13.9. The number of nitrogens with zero attached hydrogens (tertiary/aromatic N) is 3. The van der Waals surface area contributed by atoms with Crippen LogP contribution in [0.15, 0.2) is 60.2 Å². The molecule has 6 heterocycles. The maximum Gasteiger partial charge on any atom is 0.449 e. The van der Waals surface area contributed by atoms with E-state index in [9.17, 15) is 41.9 Å². The van der Waals surface area contributed by atoms with E-state index < -0.39 is 40.2 Å². The first-order valence-corrected chi connectivity index (χ1v) is 20.4. The number of aryl methyl sites for hydroxylation is 5. The van der Waals surface area contributed by atoms with E-state index >= 15 is 0 Å². The van der Waals surface area contributed by atoms with Gasteiger partial charge >= 0.3 is 23.1 Å². The molecule has 0 saturated heterocycles. The van der Waals surface area contributed by atoms with Crippen molar-refractivity contribution in [2.24, 2.45) is 11.8 Å². The van der Waals surface area contributed by atoms with Crippen molar-refractivity contribution in [1.82, 2.24) is 29.9 Å². The number of unbranched alkanes of at least 4 members (excludes halogenated alkanes) is 1. The van der Waals surface area contributed by atoms with E-state index in [1.54, 1.807) is 4.98 Å². The Morgan fingerprint density at radius 1 is 0.567 bits per heavy atom. The molecule has 2 saturated carbocycles. The lowest BCUT2D eigenvalue weighted by Crippen LogP contribution is -2.21. The number of H-pyrrole nitrogens is 3. The van der Waals surface area contributed by atoms with Gasteiger partial charge in [0.25, 0.3) is 16.7 Å². The largest absolute Gasteiger partial charge is 0.449 e. The second kappa shape index (κ2) is 19.0. The van der Waals surface area contributed by atoms with Crippen molar-refractivity contribution in [2.45, 2.75) is 123 Å². The molecular formula is C42H47F3N6O9. The Morgan fingerprint density at radius 2 is 0.933 bits per heavy atom. The zero-order valence-electron chi connectivity index (χ0n) is 33.6. The van der Waals surface area contributed by atoms with Crippen molar-refractivity contribution >= 4 is 33.3 Å². The van der Waals surface area contributed by atoms with Crippen LogP contribution in [0.1, 0.15) is 119 Å². The van der Waals surface area contributed by atoms with Crippen LogP contribution in [0.4, 0.5) is 13.2 Å². The monoisotopic (exact) mass is 836 g/mol. The van der Waals surface area contributed by atoms with Crippen molar-refractivity contribution in [3.05, 3.63) is 115 Å². The molecule has 15 nitrogen and oxygen atoms in total. The van der Waals surface area contributed by atoms with E-state index in [1.165, 1.54) is 44.2 Å². The summed E-state index contributed by atoms with van der Waals surface area (Å²) < 4.78 is 52.7. The summed E-state index contributed by atoms with van der Waals surface area (Å²) >= 11 is 0. The van der Waals surface area contributed by atoms with Gasteiger partial charge in [0, 0.05) is 31.0 Å². The van der Waals surface area contributed by atoms with E-state index in [4.69, 9.17) is 8.83 Å². The molecule has 0 aromatic carbocycles. The lowest BCUT2D eigenvalue weighted by molar-refractivity contribution is -0.145. The van der Waals surface area contributed by atoms with Crippen LogP contribution in [0.3, 0.4) is 0 Å². The van der Waals surface area contributed by atoms with E-state index in [1.807, 2.05) is 13.8 Å². The van der Waals surface area contributed by atoms with Crippen molar-refractivity contribution in [1.29, 1.82) is 0 Å². The van der Waals surface area contributed by atoms with Gasteiger partial charge in [-0.25, -0.2) is 14.4 Å². The Kier molecular flexibility index (Phi) is 13.8. The zero-order valence-corrected chi connectivity index (χ0v) is 33.6. The van der Waals surface area contributed by atoms with Crippen LogP contribution < -0.4 is 33.6 Å². The Labute approximate surface area is 338 Å². The van der Waals surface area contributed by atoms with Crippen molar-refractivity contribution < 1.29 is 26.4 Å². The summed E-state index contributed by atoms with van der Waals surface area (Å²) in [6.07, 6.45) is 9.09. The number of alkyl halides is 3. The highest BCUT2D eigenvalue weighted by atomic mass is 19.4. The van der Waals surface area contributed by atoms with Crippen LogP contribution in [-0.2, 0) is 38.3 Å². The Balaban J connectivity index is 0.000000152. The molecule has 2 fully saturated rings. The molecule has 3 N–H and O–H groups in total. The van der Waals surface area contributed by atoms with Gasteiger partial charge in [-0.1, -0.05) is 65.7 Å². The number of aromatic amines is 3. The summed E-state index contributed by atoms with van der Waals surface area (Å²) in [4.78, 5) is 89.4. The van der Waals surface area contributed by atoms with E-state index in [0.29, 0.717) is 59.6 Å². The van der Waals surface area contributed by atoms with Gasteiger partial charge in [0.1, 0.15) is 27.8 Å². The summed E-state index contributed by atoms with van der Waals surface area (Å²) in [5.41, 5.74) is -1.46. The number of fused-ring (bicyclic) bond motifs is 3. The summed E-state index contributed by atoms with van der Waals surface area (Å²) in [6.45, 7) is 5.83. The molecule has 60 heavy (non-hydrogen) atoms. The van der Waals surface area contributed by atoms with Gasteiger partial charge in [0.05, 0.1) is 0 Å². The Hall–Kier alpha value is -5.94. The minimum Gasteiger partial charge on any atom is -0.403 e. The third kappa shape index (κ3) is 11.2. The molecule has 8 rings (SSSR count). The lowest BCUT2D eigenvalue weighted by Gasteiger charge is -2.08. The van der Waals surface area contributed by atoms with Crippen molar-refractivity contribution in [3.8, 4) is 0 Å². The van der Waals surface area contributed by atoms with E-state index in [0.717, 1.165) is 61.6 Å². The number of rotatable bonds is 13. The molecule has 320 valence electrons. The van der Waals surface area contributed by atoms with Crippen LogP contribution in [0.5, 0.6) is 0 Å². The first-order valence-electron chi connectivity index (χ1n) is 20.4. The average Bonchev–Trinajstić information content (AvgIpc) is 4.13. The molecule has 0 bridgehead atoms. The fraction of sp³-hybridized carbons (Fsp3) is 0.500. The summed E-state index contributed by atoms with van der Waals surface area (Å²) in [7, 11) is 0. The fourth-order valence-electron chi connectivity index (χ4n) is 6.94. The average molecular weight is 837 g/mol. The topological polar surface area (TPSA) is 228 Å². The Morgan fingerprint density at radius 3 is 1.28 bits per heavy atom. The number of hydrogen-bond donors (Lipinski definition) is 3. The minimum atomic E-state index is -4.81. The maximum atomic E-state index is 12.6. The maximum absolute atomic E-state index is 12.6. The molecule has 0 amide bonds. The van der Waals surface area contributed by atoms with Gasteiger partial charge in [0.2, 0.25) is 23.0 Å². The molecule has 0 aliphatic heterocycles. The van der Waals surface area contributed by atoms with Crippen molar-refractivity contribution in [3.63, 3.8) is 0 Å². The highest BCUT2D eigenvalue weighted by molar-refractivity contribution is 5.77. The van der Waals surface area contributed by atoms with Gasteiger partial charge in [0.15, 0.2) is 0 Å². The van der Waals surface area contributed by atoms with Crippen molar-refractivity contribution in [2.75, 3.05) is 0 Å². The highest BCUT2D eigenvalue weighted by Gasteiger charge is 2.35. The molecule has 18 heteroatoms. The zero-order chi connectivity index (χ0) is 43.1. The summed E-state index contributed by atoms with van der Waals surface area (Å²) in [5, 5.41) is 0.751. The second-order valence-corrected chi connectivity index (χ2v) is 15.2. The molecule has 2 aliphatic carbocycles. The third-order valence-electron chi connectivity index (χ3n) is 10.4. The van der Waals surface area contributed by atoms with Crippen LogP contribution in [-0.4, -0.2) is 29.9 Å². The molecule has 2 aliphatic rings. The molecule has 0 spiro atoms. The molecule has 0 radical (unpaired) electrons. The first kappa shape index (κ1) is 43.6. The smallest absolute Gasteiger partial charge is 0.403 e. The van der Waals surface area contributed by atoms with Crippen LogP contribution in [0.25, 0.3) is 33.3 Å². The first-order chi connectivity index (χ1) is 28.7. The lowest BCUT2D eigenvalue weighted by atomic mass is 10.1. The minimum absolute atomic E-state index is 0.0802. The van der Waals surface area contributed by atoms with Crippen LogP contribution in [0.2, 0.25) is 0 Å². The Bertz CT molecular complexity index is 2850. The molecule has 0 atom stereocenters. The quantitative estimate of drug-likeness (QED) is 0.112. The summed E-state index contributed by atoms with van der Waals surface area (Å²) in [5.74, 6) is 1.15. The van der Waals surface area contributed by atoms with Gasteiger partial charge in [-0.2, -0.15) is 28.1 Å². The summed E-state index contributed by atoms with van der Waals surface area (Å²) in [6, 6.07) is 3.97. The highest BCUT2D eigenvalue weighted by Crippen LogP contribution is 2.35. The molecular weight excluding hydrogens is 789 g/mol. The van der Waals surface area contributed by atoms with Gasteiger partial charge < -0.3 is 28.2 Å². The number of nitrogens with one attached hydrogen (secondary N) is 3. The second-order valence-electron chi connectivity index (χ2n) is 15.2. The predicted molar refractivity (Wildman–Crippen MR) is 216 cm³/mol. The molecule has 6 aromatic rings. The predicted octanol–water partition coefficient (Wildman–Crippen LogP) is 6.58. The van der Waals surface area contributed by atoms with E-state index in [-0.39, 0.29) is 27.9 Å². The number of halogens is 3. The molecule has 6 aromatic heterocycles. The van der Waals surface area contributed by atoms with E-state index in [2.05, 4.69) is 36.3 Å². The van der Waals surface area contributed by atoms with Crippen LogP contribution in [0, 0.1) is 11.8 Å². The van der Waals surface area contributed by atoms with Crippen LogP contribution >= 0.6 is 0 Å². The fourth-order valence-corrected chi connectivity index (χ4v) is 6.94. The molecule has 0 unspecified atom stereocenters. The van der Waals surface area contributed by atoms with Gasteiger partial charge in [-0.15, -0.1) is 0 Å².